The number of amides is 3. The predicted octanol–water partition coefficient (Wildman–Crippen LogP) is 2.37. The molecule has 2 heterocycles. The number of likely N-dealkylation sites (tertiary alicyclic amines) is 1. The van der Waals surface area contributed by atoms with E-state index in [9.17, 15) is 14.0 Å². The molecule has 1 aromatic carbocycles. The maximum absolute atomic E-state index is 13.0. The van der Waals surface area contributed by atoms with Crippen molar-refractivity contribution in [1.82, 2.24) is 10.2 Å². The van der Waals surface area contributed by atoms with Gasteiger partial charge in [-0.3, -0.25) is 4.79 Å². The van der Waals surface area contributed by atoms with Gasteiger partial charge in [0.25, 0.3) is 0 Å². The number of benzene rings is 1. The summed E-state index contributed by atoms with van der Waals surface area (Å²) in [6, 6.07) is 5.56. The van der Waals surface area contributed by atoms with Crippen molar-refractivity contribution in [2.75, 3.05) is 24.5 Å². The maximum Gasteiger partial charge on any atom is 0.317 e. The summed E-state index contributed by atoms with van der Waals surface area (Å²) in [6.07, 6.45) is 2.47. The van der Waals surface area contributed by atoms with Crippen LogP contribution >= 0.6 is 0 Å². The Labute approximate surface area is 135 Å². The molecule has 23 heavy (non-hydrogen) atoms. The highest BCUT2D eigenvalue weighted by Gasteiger charge is 2.33. The number of rotatable bonds is 2. The molecule has 2 fully saturated rings. The van der Waals surface area contributed by atoms with Crippen molar-refractivity contribution in [2.45, 2.75) is 32.2 Å². The molecule has 0 unspecified atom stereocenters. The standard InChI is InChI=1S/C17H22FN3O2/c1-12-3-2-8-20(10-12)17(23)19-14-9-16(22)21(11-14)15-6-4-13(18)5-7-15/h4-7,12,14H,2-3,8-11H2,1H3,(H,19,23)/t12-,14+/m1/s1. The molecule has 2 aliphatic rings. The van der Waals surface area contributed by atoms with Crippen LogP contribution in [0.3, 0.4) is 0 Å². The summed E-state index contributed by atoms with van der Waals surface area (Å²) in [6.45, 7) is 4.13. The van der Waals surface area contributed by atoms with Gasteiger partial charge in [-0.1, -0.05) is 6.92 Å². The molecule has 0 saturated carbocycles. The molecule has 0 spiro atoms. The second kappa shape index (κ2) is 6.56. The van der Waals surface area contributed by atoms with Crippen molar-refractivity contribution in [3.63, 3.8) is 0 Å². The number of nitrogens with zero attached hydrogens (tertiary/aromatic N) is 2. The number of carbonyl (C=O) groups excluding carboxylic acids is 2. The lowest BCUT2D eigenvalue weighted by atomic mass is 10.0. The Hall–Kier alpha value is -2.11. The number of carbonyl (C=O) groups is 2. The lowest BCUT2D eigenvalue weighted by Gasteiger charge is -2.31. The van der Waals surface area contributed by atoms with Crippen LogP contribution in [0.25, 0.3) is 0 Å². The first-order chi connectivity index (χ1) is 11.0. The Morgan fingerprint density at radius 3 is 2.70 bits per heavy atom. The van der Waals surface area contributed by atoms with Gasteiger partial charge >= 0.3 is 6.03 Å². The molecule has 3 rings (SSSR count). The summed E-state index contributed by atoms with van der Waals surface area (Å²) in [4.78, 5) is 27.9. The van der Waals surface area contributed by atoms with E-state index in [0.717, 1.165) is 25.9 Å². The van der Waals surface area contributed by atoms with E-state index in [-0.39, 0.29) is 30.2 Å². The van der Waals surface area contributed by atoms with Gasteiger partial charge in [0.1, 0.15) is 5.82 Å². The van der Waals surface area contributed by atoms with E-state index in [2.05, 4.69) is 12.2 Å². The van der Waals surface area contributed by atoms with Gasteiger partial charge in [-0.05, 0) is 43.0 Å². The van der Waals surface area contributed by atoms with Gasteiger partial charge in [0.2, 0.25) is 5.91 Å². The maximum atomic E-state index is 13.0. The normalized spacial score (nSPS) is 24.9. The van der Waals surface area contributed by atoms with E-state index in [4.69, 9.17) is 0 Å². The molecule has 2 aliphatic heterocycles. The number of urea groups is 1. The summed E-state index contributed by atoms with van der Waals surface area (Å²) < 4.78 is 13.0. The molecule has 3 amide bonds. The van der Waals surface area contributed by atoms with Crippen molar-refractivity contribution in [1.29, 1.82) is 0 Å². The van der Waals surface area contributed by atoms with Crippen LogP contribution in [0.5, 0.6) is 0 Å². The summed E-state index contributed by atoms with van der Waals surface area (Å²) in [7, 11) is 0. The summed E-state index contributed by atoms with van der Waals surface area (Å²) in [5.74, 6) is 0.147. The van der Waals surface area contributed by atoms with Crippen LogP contribution in [0.2, 0.25) is 0 Å². The summed E-state index contributed by atoms with van der Waals surface area (Å²) in [5, 5.41) is 2.96. The zero-order valence-corrected chi connectivity index (χ0v) is 13.3. The average molecular weight is 319 g/mol. The molecule has 5 nitrogen and oxygen atoms in total. The lowest BCUT2D eigenvalue weighted by Crippen LogP contribution is -2.49. The smallest absolute Gasteiger partial charge is 0.317 e. The van der Waals surface area contributed by atoms with Gasteiger partial charge in [0, 0.05) is 31.7 Å². The van der Waals surface area contributed by atoms with Crippen molar-refractivity contribution in [3.8, 4) is 0 Å². The van der Waals surface area contributed by atoms with Crippen molar-refractivity contribution in [2.24, 2.45) is 5.92 Å². The quantitative estimate of drug-likeness (QED) is 0.910. The molecule has 0 radical (unpaired) electrons. The minimum atomic E-state index is -0.329. The molecule has 0 aromatic heterocycles. The Morgan fingerprint density at radius 1 is 1.26 bits per heavy atom. The van der Waals surface area contributed by atoms with Crippen LogP contribution in [0.1, 0.15) is 26.2 Å². The van der Waals surface area contributed by atoms with Crippen LogP contribution in [0.15, 0.2) is 24.3 Å². The largest absolute Gasteiger partial charge is 0.333 e. The van der Waals surface area contributed by atoms with E-state index < -0.39 is 0 Å². The molecular weight excluding hydrogens is 297 g/mol. The van der Waals surface area contributed by atoms with Crippen molar-refractivity contribution in [3.05, 3.63) is 30.1 Å². The first-order valence-electron chi connectivity index (χ1n) is 8.14. The number of halogens is 1. The molecule has 0 aliphatic carbocycles. The first-order valence-corrected chi connectivity index (χ1v) is 8.14. The van der Waals surface area contributed by atoms with Crippen LogP contribution in [0, 0.1) is 11.7 Å². The Kier molecular flexibility index (Phi) is 4.50. The number of anilines is 1. The fourth-order valence-electron chi connectivity index (χ4n) is 3.31. The number of nitrogens with one attached hydrogen (secondary N) is 1. The molecule has 2 saturated heterocycles. The number of piperidine rings is 1. The fraction of sp³-hybridized carbons (Fsp3) is 0.529. The van der Waals surface area contributed by atoms with Gasteiger partial charge in [-0.15, -0.1) is 0 Å². The van der Waals surface area contributed by atoms with Crippen molar-refractivity contribution < 1.29 is 14.0 Å². The predicted molar refractivity (Wildman–Crippen MR) is 85.7 cm³/mol. The second-order valence-corrected chi connectivity index (χ2v) is 6.52. The third kappa shape index (κ3) is 3.63. The SMILES string of the molecule is C[C@@H]1CCCN(C(=O)N[C@H]2CC(=O)N(c3ccc(F)cc3)C2)C1. The molecular formula is C17H22FN3O2. The van der Waals surface area contributed by atoms with Crippen LogP contribution in [-0.4, -0.2) is 42.5 Å². The fourth-order valence-corrected chi connectivity index (χ4v) is 3.31. The van der Waals surface area contributed by atoms with E-state index in [0.29, 0.717) is 18.2 Å². The topological polar surface area (TPSA) is 52.7 Å². The van der Waals surface area contributed by atoms with Gasteiger partial charge in [0.05, 0.1) is 6.04 Å². The molecule has 0 bridgehead atoms. The van der Waals surface area contributed by atoms with Gasteiger partial charge < -0.3 is 15.1 Å². The highest BCUT2D eigenvalue weighted by Crippen LogP contribution is 2.22. The Morgan fingerprint density at radius 2 is 2.00 bits per heavy atom. The second-order valence-electron chi connectivity index (χ2n) is 6.52. The zero-order valence-electron chi connectivity index (χ0n) is 13.3. The van der Waals surface area contributed by atoms with E-state index in [1.807, 2.05) is 4.90 Å². The lowest BCUT2D eigenvalue weighted by molar-refractivity contribution is -0.117. The first kappa shape index (κ1) is 15.8. The van der Waals surface area contributed by atoms with Crippen LogP contribution in [0.4, 0.5) is 14.9 Å². The Balaban J connectivity index is 1.59. The van der Waals surface area contributed by atoms with E-state index >= 15 is 0 Å². The molecule has 2 atom stereocenters. The summed E-state index contributed by atoms with van der Waals surface area (Å²) in [5.41, 5.74) is 0.666. The summed E-state index contributed by atoms with van der Waals surface area (Å²) >= 11 is 0. The third-order valence-electron chi connectivity index (χ3n) is 4.54. The molecule has 1 N–H and O–H groups in total. The molecule has 1 aromatic rings. The average Bonchev–Trinajstić information content (AvgIpc) is 2.88. The van der Waals surface area contributed by atoms with Gasteiger partial charge in [0.15, 0.2) is 0 Å². The highest BCUT2D eigenvalue weighted by molar-refractivity contribution is 5.96. The third-order valence-corrected chi connectivity index (χ3v) is 4.54. The molecule has 124 valence electrons. The molecule has 6 heteroatoms. The highest BCUT2D eigenvalue weighted by atomic mass is 19.1. The minimum absolute atomic E-state index is 0.0473. The van der Waals surface area contributed by atoms with Gasteiger partial charge in [-0.25, -0.2) is 9.18 Å². The van der Waals surface area contributed by atoms with E-state index in [1.54, 1.807) is 17.0 Å². The Bertz CT molecular complexity index is 590. The number of hydrogen-bond donors (Lipinski definition) is 1. The monoisotopic (exact) mass is 319 g/mol. The van der Waals surface area contributed by atoms with Crippen LogP contribution < -0.4 is 10.2 Å². The van der Waals surface area contributed by atoms with E-state index in [1.165, 1.54) is 12.1 Å². The zero-order chi connectivity index (χ0) is 16.4. The minimum Gasteiger partial charge on any atom is -0.333 e. The number of hydrogen-bond acceptors (Lipinski definition) is 2. The van der Waals surface area contributed by atoms with Crippen molar-refractivity contribution >= 4 is 17.6 Å². The van der Waals surface area contributed by atoms with Gasteiger partial charge in [-0.2, -0.15) is 0 Å². The van der Waals surface area contributed by atoms with Crippen LogP contribution in [-0.2, 0) is 4.79 Å².